The maximum Gasteiger partial charge on any atom is 0.220 e. The Balaban J connectivity index is 2.35. The molecule has 0 aliphatic carbocycles. The molecule has 0 bridgehead atoms. The zero-order chi connectivity index (χ0) is 15.3. The Hall–Kier alpha value is -1.36. The lowest BCUT2D eigenvalue weighted by Gasteiger charge is -2.29. The fourth-order valence-corrected chi connectivity index (χ4v) is 2.56. The van der Waals surface area contributed by atoms with Crippen LogP contribution in [0.15, 0.2) is 6.07 Å². The van der Waals surface area contributed by atoms with Gasteiger partial charge in [0.1, 0.15) is 0 Å². The summed E-state index contributed by atoms with van der Waals surface area (Å²) in [6, 6.07) is 2.06. The van der Waals surface area contributed by atoms with Gasteiger partial charge in [-0.25, -0.2) is 0 Å². The molecule has 0 unspecified atom stereocenters. The lowest BCUT2D eigenvalue weighted by atomic mass is 10.0. The molecule has 0 spiro atoms. The Labute approximate surface area is 122 Å². The number of rotatable bonds is 7. The number of aromatic nitrogens is 2. The lowest BCUT2D eigenvalue weighted by molar-refractivity contribution is -0.123. The van der Waals surface area contributed by atoms with Crippen molar-refractivity contribution in [3.05, 3.63) is 17.5 Å². The minimum Gasteiger partial charge on any atom is -0.350 e. The van der Waals surface area contributed by atoms with E-state index in [2.05, 4.69) is 21.4 Å². The average Bonchev–Trinajstić information content (AvgIpc) is 2.54. The molecule has 5 heteroatoms. The van der Waals surface area contributed by atoms with Crippen LogP contribution in [0.3, 0.4) is 0 Å². The topological polar surface area (TPSA) is 50.2 Å². The van der Waals surface area contributed by atoms with Crippen LogP contribution in [0.25, 0.3) is 0 Å². The third-order valence-corrected chi connectivity index (χ3v) is 3.07. The van der Waals surface area contributed by atoms with Crippen LogP contribution in [0.2, 0.25) is 0 Å². The van der Waals surface area contributed by atoms with Gasteiger partial charge in [-0.05, 0) is 54.3 Å². The summed E-state index contributed by atoms with van der Waals surface area (Å²) in [4.78, 5) is 14.0. The molecule has 0 saturated carbocycles. The largest absolute Gasteiger partial charge is 0.350 e. The molecule has 1 aromatic heterocycles. The van der Waals surface area contributed by atoms with E-state index in [1.165, 1.54) is 0 Å². The minimum absolute atomic E-state index is 0.110. The van der Waals surface area contributed by atoms with Crippen molar-refractivity contribution in [3.63, 3.8) is 0 Å². The molecule has 1 N–H and O–H groups in total. The summed E-state index contributed by atoms with van der Waals surface area (Å²) in [5.41, 5.74) is 1.98. The third kappa shape index (κ3) is 5.74. The van der Waals surface area contributed by atoms with Crippen molar-refractivity contribution >= 4 is 5.91 Å². The molecular weight excluding hydrogens is 252 g/mol. The minimum atomic E-state index is -0.196. The van der Waals surface area contributed by atoms with E-state index in [9.17, 15) is 4.79 Å². The molecule has 0 aliphatic heterocycles. The van der Waals surface area contributed by atoms with Crippen LogP contribution in [0.1, 0.15) is 38.1 Å². The highest BCUT2D eigenvalue weighted by atomic mass is 16.1. The van der Waals surface area contributed by atoms with Crippen molar-refractivity contribution in [2.45, 2.75) is 52.6 Å². The fourth-order valence-electron chi connectivity index (χ4n) is 2.56. The molecule has 1 amide bonds. The maximum atomic E-state index is 12.0. The first-order valence-corrected chi connectivity index (χ1v) is 7.16. The lowest BCUT2D eigenvalue weighted by Crippen LogP contribution is -2.49. The monoisotopic (exact) mass is 280 g/mol. The van der Waals surface area contributed by atoms with Gasteiger partial charge in [-0.3, -0.25) is 9.48 Å². The first-order chi connectivity index (χ1) is 9.19. The van der Waals surface area contributed by atoms with Crippen molar-refractivity contribution in [1.29, 1.82) is 0 Å². The molecule has 1 aromatic rings. The van der Waals surface area contributed by atoms with Crippen LogP contribution in [0, 0.1) is 13.8 Å². The number of carbonyl (C=O) groups is 1. The summed E-state index contributed by atoms with van der Waals surface area (Å²) in [6.07, 6.45) is 1.35. The third-order valence-electron chi connectivity index (χ3n) is 3.07. The maximum absolute atomic E-state index is 12.0. The second-order valence-electron chi connectivity index (χ2n) is 6.42. The van der Waals surface area contributed by atoms with Crippen LogP contribution in [-0.4, -0.2) is 46.8 Å². The molecule has 0 aromatic carbocycles. The SMILES string of the molecule is Cc1cc(C)n(CCCC(=O)NC(C)(C)CN(C)C)n1. The van der Waals surface area contributed by atoms with Crippen LogP contribution < -0.4 is 5.32 Å². The second kappa shape index (κ2) is 6.88. The highest BCUT2D eigenvalue weighted by Crippen LogP contribution is 2.06. The number of nitrogens with zero attached hydrogens (tertiary/aromatic N) is 3. The number of aryl methyl sites for hydroxylation is 3. The molecule has 0 radical (unpaired) electrons. The molecule has 1 heterocycles. The average molecular weight is 280 g/mol. The molecule has 0 saturated heterocycles. The van der Waals surface area contributed by atoms with Crippen molar-refractivity contribution in [2.75, 3.05) is 20.6 Å². The van der Waals surface area contributed by atoms with E-state index < -0.39 is 0 Å². The number of hydrogen-bond donors (Lipinski definition) is 1. The Morgan fingerprint density at radius 1 is 1.40 bits per heavy atom. The van der Waals surface area contributed by atoms with Gasteiger partial charge in [-0.1, -0.05) is 0 Å². The summed E-state index contributed by atoms with van der Waals surface area (Å²) in [6.45, 7) is 9.75. The first kappa shape index (κ1) is 16.7. The van der Waals surface area contributed by atoms with E-state index >= 15 is 0 Å². The van der Waals surface area contributed by atoms with E-state index in [-0.39, 0.29) is 11.4 Å². The Kier molecular flexibility index (Phi) is 5.74. The number of likely N-dealkylation sites (N-methyl/N-ethyl adjacent to an activating group) is 1. The van der Waals surface area contributed by atoms with E-state index in [4.69, 9.17) is 0 Å². The summed E-state index contributed by atoms with van der Waals surface area (Å²) in [5.74, 6) is 0.110. The van der Waals surface area contributed by atoms with E-state index in [0.717, 1.165) is 30.9 Å². The van der Waals surface area contributed by atoms with Gasteiger partial charge in [-0.2, -0.15) is 5.10 Å². The molecule has 1 rings (SSSR count). The smallest absolute Gasteiger partial charge is 0.220 e. The first-order valence-electron chi connectivity index (χ1n) is 7.16. The Bertz CT molecular complexity index is 449. The van der Waals surface area contributed by atoms with Gasteiger partial charge in [0.15, 0.2) is 0 Å². The predicted octanol–water partition coefficient (Wildman–Crippen LogP) is 1.74. The number of amides is 1. The van der Waals surface area contributed by atoms with Gasteiger partial charge in [0.05, 0.1) is 5.69 Å². The summed E-state index contributed by atoms with van der Waals surface area (Å²) in [7, 11) is 4.02. The molecule has 20 heavy (non-hydrogen) atoms. The predicted molar refractivity (Wildman–Crippen MR) is 81.7 cm³/mol. The Morgan fingerprint density at radius 2 is 2.05 bits per heavy atom. The molecule has 0 aliphatic rings. The molecule has 114 valence electrons. The van der Waals surface area contributed by atoms with Crippen molar-refractivity contribution in [1.82, 2.24) is 20.0 Å². The number of carbonyl (C=O) groups excluding carboxylic acids is 1. The fraction of sp³-hybridized carbons (Fsp3) is 0.733. The quantitative estimate of drug-likeness (QED) is 0.827. The van der Waals surface area contributed by atoms with Gasteiger partial charge >= 0.3 is 0 Å². The zero-order valence-corrected chi connectivity index (χ0v) is 13.7. The number of hydrogen-bond acceptors (Lipinski definition) is 3. The van der Waals surface area contributed by atoms with Crippen LogP contribution in [0.5, 0.6) is 0 Å². The highest BCUT2D eigenvalue weighted by Gasteiger charge is 2.20. The van der Waals surface area contributed by atoms with Crippen molar-refractivity contribution in [2.24, 2.45) is 0 Å². The normalized spacial score (nSPS) is 11.9. The van der Waals surface area contributed by atoms with Crippen molar-refractivity contribution < 1.29 is 4.79 Å². The van der Waals surface area contributed by atoms with Gasteiger partial charge in [0.25, 0.3) is 0 Å². The molecule has 0 atom stereocenters. The summed E-state index contributed by atoms with van der Waals surface area (Å²) >= 11 is 0. The summed E-state index contributed by atoms with van der Waals surface area (Å²) in [5, 5.41) is 7.48. The van der Waals surface area contributed by atoms with E-state index in [1.54, 1.807) is 0 Å². The second-order valence-corrected chi connectivity index (χ2v) is 6.42. The van der Waals surface area contributed by atoms with E-state index in [0.29, 0.717) is 6.42 Å². The molecular formula is C15H28N4O. The Morgan fingerprint density at radius 3 is 2.55 bits per heavy atom. The molecule has 5 nitrogen and oxygen atoms in total. The highest BCUT2D eigenvalue weighted by molar-refractivity contribution is 5.76. The van der Waals surface area contributed by atoms with Crippen LogP contribution in [-0.2, 0) is 11.3 Å². The number of nitrogens with one attached hydrogen (secondary N) is 1. The van der Waals surface area contributed by atoms with Crippen molar-refractivity contribution in [3.8, 4) is 0 Å². The standard InChI is InChI=1S/C15H28N4O/c1-12-10-13(2)19(17-12)9-7-8-14(20)16-15(3,4)11-18(5)6/h10H,7-9,11H2,1-6H3,(H,16,20). The summed E-state index contributed by atoms with van der Waals surface area (Å²) < 4.78 is 1.97. The van der Waals surface area contributed by atoms with Gasteiger partial charge in [0, 0.05) is 30.7 Å². The van der Waals surface area contributed by atoms with Crippen LogP contribution >= 0.6 is 0 Å². The van der Waals surface area contributed by atoms with Crippen LogP contribution in [0.4, 0.5) is 0 Å². The molecule has 0 fully saturated rings. The zero-order valence-electron chi connectivity index (χ0n) is 13.7. The van der Waals surface area contributed by atoms with Gasteiger partial charge in [-0.15, -0.1) is 0 Å². The van der Waals surface area contributed by atoms with E-state index in [1.807, 2.05) is 46.5 Å². The van der Waals surface area contributed by atoms with Gasteiger partial charge < -0.3 is 10.2 Å². The van der Waals surface area contributed by atoms with Gasteiger partial charge in [0.2, 0.25) is 5.91 Å².